The second-order valence-corrected chi connectivity index (χ2v) is 5.82. The number of hydrogen-bond acceptors (Lipinski definition) is 4. The number of nitrogens with one attached hydrogen (secondary N) is 1. The van der Waals surface area contributed by atoms with E-state index in [9.17, 15) is 5.11 Å². The maximum atomic E-state index is 9.33. The summed E-state index contributed by atoms with van der Waals surface area (Å²) in [5.41, 5.74) is 1.06. The van der Waals surface area contributed by atoms with E-state index < -0.39 is 0 Å². The van der Waals surface area contributed by atoms with Crippen LogP contribution in [-0.2, 0) is 0 Å². The average Bonchev–Trinajstić information content (AvgIpc) is 3.02. The Morgan fingerprint density at radius 1 is 1.28 bits per heavy atom. The predicted octanol–water partition coefficient (Wildman–Crippen LogP) is 3.12. The second-order valence-electron chi connectivity index (χ2n) is 5.04. The number of nitrogens with zero attached hydrogens (tertiary/aromatic N) is 1. The van der Waals surface area contributed by atoms with Gasteiger partial charge in [0.1, 0.15) is 5.00 Å². The Balaban J connectivity index is 1.69. The highest BCUT2D eigenvalue weighted by atomic mass is 32.1. The van der Waals surface area contributed by atoms with Crippen molar-refractivity contribution in [2.45, 2.75) is 19.3 Å². The quantitative estimate of drug-likeness (QED) is 0.890. The van der Waals surface area contributed by atoms with Crippen LogP contribution in [0.15, 0.2) is 24.3 Å². The Kier molecular flexibility index (Phi) is 3.48. The zero-order valence-corrected chi connectivity index (χ0v) is 11.1. The summed E-state index contributed by atoms with van der Waals surface area (Å²) in [5.74, 6) is 1.09. The van der Waals surface area contributed by atoms with Gasteiger partial charge < -0.3 is 10.4 Å². The molecule has 3 rings (SSSR count). The highest BCUT2D eigenvalue weighted by molar-refractivity contribution is 7.11. The van der Waals surface area contributed by atoms with Crippen molar-refractivity contribution >= 4 is 27.4 Å². The molecule has 1 aromatic carbocycles. The van der Waals surface area contributed by atoms with Gasteiger partial charge in [0, 0.05) is 18.5 Å². The fourth-order valence-corrected chi connectivity index (χ4v) is 3.63. The Hall–Kier alpha value is -1.13. The van der Waals surface area contributed by atoms with Crippen molar-refractivity contribution in [3.63, 3.8) is 0 Å². The monoisotopic (exact) mass is 262 g/mol. The number of rotatable bonds is 4. The van der Waals surface area contributed by atoms with Crippen molar-refractivity contribution in [2.75, 3.05) is 18.5 Å². The van der Waals surface area contributed by atoms with E-state index in [0.717, 1.165) is 17.1 Å². The number of aliphatic hydroxyl groups is 1. The van der Waals surface area contributed by atoms with Crippen molar-refractivity contribution in [3.05, 3.63) is 24.3 Å². The second kappa shape index (κ2) is 5.24. The number of benzene rings is 1. The summed E-state index contributed by atoms with van der Waals surface area (Å²) in [7, 11) is 0. The van der Waals surface area contributed by atoms with Gasteiger partial charge in [-0.3, -0.25) is 0 Å². The number of aliphatic hydroxyl groups excluding tert-OH is 1. The van der Waals surface area contributed by atoms with Crippen LogP contribution in [0.3, 0.4) is 0 Å². The Morgan fingerprint density at radius 2 is 2.11 bits per heavy atom. The molecule has 0 radical (unpaired) electrons. The number of anilines is 1. The Labute approximate surface area is 111 Å². The first-order chi connectivity index (χ1) is 8.88. The van der Waals surface area contributed by atoms with E-state index in [0.29, 0.717) is 18.4 Å². The van der Waals surface area contributed by atoms with Gasteiger partial charge in [0.05, 0.1) is 5.52 Å². The van der Waals surface area contributed by atoms with Gasteiger partial charge in [0.15, 0.2) is 0 Å². The van der Waals surface area contributed by atoms with E-state index in [-0.39, 0.29) is 0 Å². The number of fused-ring (bicyclic) bond motifs is 1. The minimum atomic E-state index is 0.329. The van der Waals surface area contributed by atoms with Gasteiger partial charge in [-0.2, -0.15) is 4.37 Å². The summed E-state index contributed by atoms with van der Waals surface area (Å²) >= 11 is 1.53. The molecule has 1 aliphatic rings. The molecule has 2 atom stereocenters. The molecule has 0 saturated heterocycles. The maximum absolute atomic E-state index is 9.33. The molecule has 1 fully saturated rings. The molecule has 4 heteroatoms. The third-order valence-corrected chi connectivity index (χ3v) is 4.79. The van der Waals surface area contributed by atoms with Gasteiger partial charge in [0.25, 0.3) is 0 Å². The average molecular weight is 262 g/mol. The fraction of sp³-hybridized carbons (Fsp3) is 0.500. The van der Waals surface area contributed by atoms with E-state index in [1.54, 1.807) is 0 Å². The van der Waals surface area contributed by atoms with Gasteiger partial charge >= 0.3 is 0 Å². The number of hydrogen-bond donors (Lipinski definition) is 2. The third-order valence-electron chi connectivity index (χ3n) is 3.96. The summed E-state index contributed by atoms with van der Waals surface area (Å²) in [5, 5.41) is 15.2. The Morgan fingerprint density at radius 3 is 3.00 bits per heavy atom. The molecule has 18 heavy (non-hydrogen) atoms. The maximum Gasteiger partial charge on any atom is 0.117 e. The van der Waals surface area contributed by atoms with Gasteiger partial charge in [0.2, 0.25) is 0 Å². The zero-order chi connectivity index (χ0) is 12.4. The summed E-state index contributed by atoms with van der Waals surface area (Å²) in [6.07, 6.45) is 3.66. The van der Waals surface area contributed by atoms with Crippen LogP contribution >= 0.6 is 11.5 Å². The molecule has 0 amide bonds. The molecule has 2 aromatic rings. The highest BCUT2D eigenvalue weighted by Crippen LogP contribution is 2.33. The molecule has 1 heterocycles. The van der Waals surface area contributed by atoms with E-state index in [4.69, 9.17) is 0 Å². The molecular formula is C14H18N2OS. The lowest BCUT2D eigenvalue weighted by atomic mass is 9.97. The van der Waals surface area contributed by atoms with E-state index >= 15 is 0 Å². The van der Waals surface area contributed by atoms with E-state index in [2.05, 4.69) is 15.8 Å². The minimum Gasteiger partial charge on any atom is -0.396 e. The van der Waals surface area contributed by atoms with Crippen LogP contribution in [0.2, 0.25) is 0 Å². The third kappa shape index (κ3) is 2.22. The van der Waals surface area contributed by atoms with Crippen molar-refractivity contribution in [1.82, 2.24) is 4.37 Å². The van der Waals surface area contributed by atoms with Gasteiger partial charge in [-0.25, -0.2) is 0 Å². The van der Waals surface area contributed by atoms with Crippen molar-refractivity contribution in [2.24, 2.45) is 11.8 Å². The summed E-state index contributed by atoms with van der Waals surface area (Å²) in [4.78, 5) is 0. The fourth-order valence-electron chi connectivity index (χ4n) is 2.86. The van der Waals surface area contributed by atoms with E-state index in [1.807, 2.05) is 18.2 Å². The highest BCUT2D eigenvalue weighted by Gasteiger charge is 2.26. The van der Waals surface area contributed by atoms with Crippen molar-refractivity contribution < 1.29 is 5.11 Å². The van der Waals surface area contributed by atoms with Crippen LogP contribution in [0.4, 0.5) is 5.00 Å². The molecule has 0 aliphatic heterocycles. The van der Waals surface area contributed by atoms with Crippen molar-refractivity contribution in [3.8, 4) is 0 Å². The molecule has 0 spiro atoms. The minimum absolute atomic E-state index is 0.329. The smallest absolute Gasteiger partial charge is 0.117 e. The SMILES string of the molecule is OCC1CCCC1CNc1snc2ccccc12. The lowest BCUT2D eigenvalue weighted by Gasteiger charge is -2.17. The van der Waals surface area contributed by atoms with Crippen LogP contribution in [0.5, 0.6) is 0 Å². The lowest BCUT2D eigenvalue weighted by molar-refractivity contribution is 0.199. The molecule has 2 unspecified atom stereocenters. The van der Waals surface area contributed by atoms with Crippen molar-refractivity contribution in [1.29, 1.82) is 0 Å². The molecule has 3 nitrogen and oxygen atoms in total. The first-order valence-corrected chi connectivity index (χ1v) is 7.35. The van der Waals surface area contributed by atoms with E-state index in [1.165, 1.54) is 36.2 Å². The molecular weight excluding hydrogens is 244 g/mol. The first kappa shape index (κ1) is 11.9. The molecule has 2 N–H and O–H groups in total. The number of aromatic nitrogens is 1. The van der Waals surface area contributed by atoms with Gasteiger partial charge in [-0.1, -0.05) is 18.6 Å². The predicted molar refractivity (Wildman–Crippen MR) is 76.0 cm³/mol. The topological polar surface area (TPSA) is 45.1 Å². The molecule has 1 saturated carbocycles. The first-order valence-electron chi connectivity index (χ1n) is 6.57. The van der Waals surface area contributed by atoms with Crippen LogP contribution < -0.4 is 5.32 Å². The van der Waals surface area contributed by atoms with Crippen LogP contribution in [-0.4, -0.2) is 22.6 Å². The van der Waals surface area contributed by atoms with Crippen LogP contribution in [0.25, 0.3) is 10.9 Å². The molecule has 1 aromatic heterocycles. The molecule has 1 aliphatic carbocycles. The van der Waals surface area contributed by atoms with Gasteiger partial charge in [-0.15, -0.1) is 0 Å². The van der Waals surface area contributed by atoms with Gasteiger partial charge in [-0.05, 0) is 48.3 Å². The van der Waals surface area contributed by atoms with Crippen LogP contribution in [0, 0.1) is 11.8 Å². The van der Waals surface area contributed by atoms with Crippen LogP contribution in [0.1, 0.15) is 19.3 Å². The zero-order valence-electron chi connectivity index (χ0n) is 10.3. The Bertz CT molecular complexity index is 525. The molecule has 0 bridgehead atoms. The summed E-state index contributed by atoms with van der Waals surface area (Å²) < 4.78 is 4.43. The largest absolute Gasteiger partial charge is 0.396 e. The standard InChI is InChI=1S/C14H18N2OS/c17-9-11-5-3-4-10(11)8-15-14-12-6-1-2-7-13(12)16-18-14/h1-2,6-7,10-11,15,17H,3-5,8-9H2. The molecule has 96 valence electrons. The summed E-state index contributed by atoms with van der Waals surface area (Å²) in [6.45, 7) is 1.28. The summed E-state index contributed by atoms with van der Waals surface area (Å²) in [6, 6.07) is 8.22. The normalized spacial score (nSPS) is 23.6. The lowest BCUT2D eigenvalue weighted by Crippen LogP contribution is -2.20.